The normalized spacial score (nSPS) is 11.6. The molecule has 25 heavy (non-hydrogen) atoms. The first kappa shape index (κ1) is 17.3. The van der Waals surface area contributed by atoms with Crippen LogP contribution in [0.3, 0.4) is 0 Å². The lowest BCUT2D eigenvalue weighted by molar-refractivity contribution is 0.522. The highest BCUT2D eigenvalue weighted by atomic mass is 32.2. The van der Waals surface area contributed by atoms with Crippen LogP contribution in [-0.4, -0.2) is 19.9 Å². The number of aryl methyl sites for hydroxylation is 1. The number of anilines is 1. The smallest absolute Gasteiger partial charge is 0.266 e. The molecule has 0 radical (unpaired) electrons. The zero-order chi connectivity index (χ0) is 17.9. The van der Waals surface area contributed by atoms with E-state index < -0.39 is 9.84 Å². The predicted molar refractivity (Wildman–Crippen MR) is 94.2 cm³/mol. The number of rotatable bonds is 7. The van der Waals surface area contributed by atoms with Crippen LogP contribution >= 0.6 is 0 Å². The first-order valence-electron chi connectivity index (χ1n) is 8.12. The number of unbranched alkanes of at least 4 members (excludes halogenated alkanes) is 1. The minimum atomic E-state index is -3.80. The molecular weight excluding hydrogens is 340 g/mol. The van der Waals surface area contributed by atoms with Gasteiger partial charge >= 0.3 is 0 Å². The molecule has 0 spiro atoms. The van der Waals surface area contributed by atoms with Gasteiger partial charge in [-0.05, 0) is 37.6 Å². The molecule has 1 aromatic carbocycles. The summed E-state index contributed by atoms with van der Waals surface area (Å²) in [5, 5.41) is 2.91. The number of hydrogen-bond donors (Lipinski definition) is 1. The van der Waals surface area contributed by atoms with Gasteiger partial charge < -0.3 is 14.2 Å². The van der Waals surface area contributed by atoms with Crippen molar-refractivity contribution in [1.29, 1.82) is 0 Å². The van der Waals surface area contributed by atoms with Crippen LogP contribution in [0.1, 0.15) is 25.3 Å². The summed E-state index contributed by atoms with van der Waals surface area (Å²) in [4.78, 5) is 4.37. The van der Waals surface area contributed by atoms with Crippen molar-refractivity contribution in [3.05, 3.63) is 48.2 Å². The van der Waals surface area contributed by atoms with Crippen LogP contribution < -0.4 is 5.32 Å². The van der Waals surface area contributed by atoms with Gasteiger partial charge in [0.1, 0.15) is 0 Å². The molecule has 1 N–H and O–H groups in total. The van der Waals surface area contributed by atoms with Gasteiger partial charge in [0.25, 0.3) is 5.89 Å². The number of aromatic nitrogens is 1. The van der Waals surface area contributed by atoms with Crippen molar-refractivity contribution in [2.75, 3.05) is 11.9 Å². The molecule has 0 bridgehead atoms. The molecule has 0 aliphatic rings. The Hall–Kier alpha value is -2.54. The van der Waals surface area contributed by atoms with Crippen molar-refractivity contribution in [3.8, 4) is 11.7 Å². The third kappa shape index (κ3) is 3.61. The SMILES string of the molecule is CCCCNc1oc(-c2ccco2)nc1S(=O)(=O)c1ccc(C)cc1. The van der Waals surface area contributed by atoms with E-state index in [1.54, 1.807) is 36.4 Å². The molecule has 0 atom stereocenters. The summed E-state index contributed by atoms with van der Waals surface area (Å²) in [7, 11) is -3.80. The molecule has 3 rings (SSSR count). The van der Waals surface area contributed by atoms with Crippen LogP contribution in [-0.2, 0) is 9.84 Å². The van der Waals surface area contributed by atoms with Gasteiger partial charge in [-0.3, -0.25) is 0 Å². The summed E-state index contributed by atoms with van der Waals surface area (Å²) < 4.78 is 36.9. The van der Waals surface area contributed by atoms with Crippen molar-refractivity contribution in [2.24, 2.45) is 0 Å². The number of hydrogen-bond acceptors (Lipinski definition) is 6. The third-order valence-electron chi connectivity index (χ3n) is 3.73. The molecule has 2 heterocycles. The summed E-state index contributed by atoms with van der Waals surface area (Å²) in [6, 6.07) is 10.0. The number of benzene rings is 1. The van der Waals surface area contributed by atoms with Gasteiger partial charge in [0, 0.05) is 6.54 Å². The molecule has 132 valence electrons. The van der Waals surface area contributed by atoms with Gasteiger partial charge in [0.15, 0.2) is 5.76 Å². The highest BCUT2D eigenvalue weighted by molar-refractivity contribution is 7.91. The van der Waals surface area contributed by atoms with Gasteiger partial charge in [0.2, 0.25) is 20.7 Å². The minimum Gasteiger partial charge on any atom is -0.459 e. The molecule has 3 aromatic rings. The molecule has 0 aliphatic heterocycles. The summed E-state index contributed by atoms with van der Waals surface area (Å²) in [5.74, 6) is 0.652. The van der Waals surface area contributed by atoms with Gasteiger partial charge in [0.05, 0.1) is 11.2 Å². The van der Waals surface area contributed by atoms with E-state index >= 15 is 0 Å². The van der Waals surface area contributed by atoms with E-state index in [4.69, 9.17) is 8.83 Å². The topological polar surface area (TPSA) is 85.3 Å². The maximum Gasteiger partial charge on any atom is 0.266 e. The first-order valence-corrected chi connectivity index (χ1v) is 9.61. The highest BCUT2D eigenvalue weighted by Gasteiger charge is 2.29. The molecule has 0 amide bonds. The van der Waals surface area contributed by atoms with Crippen molar-refractivity contribution in [1.82, 2.24) is 4.98 Å². The quantitative estimate of drug-likeness (QED) is 0.633. The van der Waals surface area contributed by atoms with Crippen LogP contribution in [0.5, 0.6) is 0 Å². The second-order valence-electron chi connectivity index (χ2n) is 5.73. The Balaban J connectivity index is 2.04. The molecule has 7 heteroatoms. The average Bonchev–Trinajstić information content (AvgIpc) is 3.25. The zero-order valence-electron chi connectivity index (χ0n) is 14.2. The van der Waals surface area contributed by atoms with Gasteiger partial charge in [-0.15, -0.1) is 0 Å². The highest BCUT2D eigenvalue weighted by Crippen LogP contribution is 2.32. The second kappa shape index (κ2) is 7.14. The average molecular weight is 360 g/mol. The third-order valence-corrected chi connectivity index (χ3v) is 5.41. The van der Waals surface area contributed by atoms with E-state index in [2.05, 4.69) is 17.2 Å². The van der Waals surface area contributed by atoms with Crippen LogP contribution in [0.2, 0.25) is 0 Å². The number of sulfone groups is 1. The second-order valence-corrected chi connectivity index (χ2v) is 7.59. The summed E-state index contributed by atoms with van der Waals surface area (Å²) in [6.07, 6.45) is 3.35. The van der Waals surface area contributed by atoms with Crippen molar-refractivity contribution in [2.45, 2.75) is 36.6 Å². The zero-order valence-corrected chi connectivity index (χ0v) is 15.0. The molecule has 2 aromatic heterocycles. The van der Waals surface area contributed by atoms with E-state index in [0.29, 0.717) is 12.3 Å². The molecule has 0 fully saturated rings. The fourth-order valence-electron chi connectivity index (χ4n) is 2.31. The maximum atomic E-state index is 13.0. The molecular formula is C18H20N2O4S. The molecule has 0 unspecified atom stereocenters. The van der Waals surface area contributed by atoms with Crippen LogP contribution in [0.25, 0.3) is 11.7 Å². The van der Waals surface area contributed by atoms with Crippen molar-refractivity contribution < 1.29 is 17.3 Å². The Morgan fingerprint density at radius 1 is 1.16 bits per heavy atom. The lowest BCUT2D eigenvalue weighted by Gasteiger charge is -2.05. The van der Waals surface area contributed by atoms with E-state index in [0.717, 1.165) is 18.4 Å². The van der Waals surface area contributed by atoms with Gasteiger partial charge in [-0.1, -0.05) is 31.0 Å². The summed E-state index contributed by atoms with van der Waals surface area (Å²) >= 11 is 0. The van der Waals surface area contributed by atoms with Crippen LogP contribution in [0.15, 0.2) is 61.4 Å². The minimum absolute atomic E-state index is 0.126. The van der Waals surface area contributed by atoms with E-state index in [9.17, 15) is 8.42 Å². The Morgan fingerprint density at radius 2 is 1.92 bits per heavy atom. The molecule has 0 aliphatic carbocycles. The standard InChI is InChI=1S/C18H20N2O4S/c1-3-4-11-19-17-18(20-16(24-17)15-6-5-12-23-15)25(21,22)14-9-7-13(2)8-10-14/h5-10,12,19H,3-4,11H2,1-2H3. The lowest BCUT2D eigenvalue weighted by Crippen LogP contribution is -2.08. The van der Waals surface area contributed by atoms with E-state index in [1.165, 1.54) is 6.26 Å². The Kier molecular flexibility index (Phi) is 4.94. The lowest BCUT2D eigenvalue weighted by atomic mass is 10.2. The molecule has 0 saturated carbocycles. The van der Waals surface area contributed by atoms with Gasteiger partial charge in [-0.2, -0.15) is 4.98 Å². The molecule has 6 nitrogen and oxygen atoms in total. The van der Waals surface area contributed by atoms with E-state index in [1.807, 2.05) is 6.92 Å². The summed E-state index contributed by atoms with van der Waals surface area (Å²) in [5.41, 5.74) is 0.983. The van der Waals surface area contributed by atoms with Crippen molar-refractivity contribution in [3.63, 3.8) is 0 Å². The summed E-state index contributed by atoms with van der Waals surface area (Å²) in [6.45, 7) is 4.55. The van der Waals surface area contributed by atoms with E-state index in [-0.39, 0.29) is 21.7 Å². The first-order chi connectivity index (χ1) is 12.0. The largest absolute Gasteiger partial charge is 0.459 e. The fraction of sp³-hybridized carbons (Fsp3) is 0.278. The predicted octanol–water partition coefficient (Wildman–Crippen LogP) is 4.29. The van der Waals surface area contributed by atoms with Crippen LogP contribution in [0.4, 0.5) is 5.88 Å². The fourth-order valence-corrected chi connectivity index (χ4v) is 3.59. The van der Waals surface area contributed by atoms with Crippen molar-refractivity contribution >= 4 is 15.7 Å². The maximum absolute atomic E-state index is 13.0. The Bertz CT molecular complexity index is 926. The molecule has 0 saturated heterocycles. The number of oxazole rings is 1. The van der Waals surface area contributed by atoms with Crippen LogP contribution in [0, 0.1) is 6.92 Å². The van der Waals surface area contributed by atoms with Gasteiger partial charge in [-0.25, -0.2) is 8.42 Å². The monoisotopic (exact) mass is 360 g/mol. The Morgan fingerprint density at radius 3 is 2.56 bits per heavy atom. The number of nitrogens with one attached hydrogen (secondary N) is 1. The number of nitrogens with zero attached hydrogens (tertiary/aromatic N) is 1. The number of furan rings is 1. The Labute approximate surface area is 146 Å².